The molecule has 0 radical (unpaired) electrons. The molecular formula is C28H30N3+. The van der Waals surface area contributed by atoms with Crippen molar-refractivity contribution >= 4 is 10.8 Å². The molecule has 4 aromatic rings. The Bertz CT molecular complexity index is 1270. The van der Waals surface area contributed by atoms with E-state index in [4.69, 9.17) is 9.97 Å². The number of pyridine rings is 1. The third-order valence-corrected chi connectivity index (χ3v) is 6.92. The fraction of sp³-hybridized carbons (Fsp3) is 0.321. The number of hydrogen-bond donors (Lipinski definition) is 0. The van der Waals surface area contributed by atoms with E-state index in [0.717, 1.165) is 11.4 Å². The molecule has 1 aliphatic carbocycles. The van der Waals surface area contributed by atoms with Crippen LogP contribution in [0.25, 0.3) is 33.2 Å². The number of hydrogen-bond acceptors (Lipinski definition) is 2. The Labute approximate surface area is 184 Å². The maximum Gasteiger partial charge on any atom is 0.213 e. The summed E-state index contributed by atoms with van der Waals surface area (Å²) in [7, 11) is 2.14. The Kier molecular flexibility index (Phi) is 5.05. The highest BCUT2D eigenvalue weighted by atomic mass is 14.9. The van der Waals surface area contributed by atoms with E-state index in [0.29, 0.717) is 5.92 Å². The van der Waals surface area contributed by atoms with Crippen molar-refractivity contribution in [3.63, 3.8) is 0 Å². The van der Waals surface area contributed by atoms with E-state index in [-0.39, 0.29) is 0 Å². The summed E-state index contributed by atoms with van der Waals surface area (Å²) in [5.74, 6) is 1.55. The van der Waals surface area contributed by atoms with E-state index in [2.05, 4.69) is 75.0 Å². The van der Waals surface area contributed by atoms with Gasteiger partial charge in [-0.15, -0.1) is 0 Å². The van der Waals surface area contributed by atoms with Gasteiger partial charge in [-0.05, 0) is 62.4 Å². The van der Waals surface area contributed by atoms with Crippen molar-refractivity contribution < 1.29 is 4.57 Å². The molecule has 1 fully saturated rings. The predicted octanol–water partition coefficient (Wildman–Crippen LogP) is 6.37. The Morgan fingerprint density at radius 1 is 0.903 bits per heavy atom. The molecule has 3 nitrogen and oxygen atoms in total. The summed E-state index contributed by atoms with van der Waals surface area (Å²) in [6, 6.07) is 13.4. The molecule has 1 saturated carbocycles. The van der Waals surface area contributed by atoms with Crippen LogP contribution in [-0.4, -0.2) is 9.97 Å². The number of aromatic nitrogens is 3. The average molecular weight is 409 g/mol. The molecule has 5 rings (SSSR count). The second kappa shape index (κ2) is 7.88. The molecular weight excluding hydrogens is 378 g/mol. The monoisotopic (exact) mass is 408 g/mol. The standard InChI is InChI=1S/C28H30N3/c1-18-12-19(2)20(3)25(13-18)27-14-26-22(17-31(27)4)10-7-11-24(26)23-15-29-28(30-16-23)21-8-5-6-9-21/h7,10-17,21H,5-6,8-9H2,1-4H3/q+1. The largest absolute Gasteiger partial charge is 0.240 e. The highest BCUT2D eigenvalue weighted by Crippen LogP contribution is 2.34. The number of benzene rings is 2. The smallest absolute Gasteiger partial charge is 0.213 e. The highest BCUT2D eigenvalue weighted by molar-refractivity contribution is 5.97. The number of fused-ring (bicyclic) bond motifs is 1. The van der Waals surface area contributed by atoms with Crippen molar-refractivity contribution in [2.45, 2.75) is 52.4 Å². The van der Waals surface area contributed by atoms with Gasteiger partial charge in [-0.3, -0.25) is 0 Å². The van der Waals surface area contributed by atoms with Crippen molar-refractivity contribution in [2.75, 3.05) is 0 Å². The molecule has 0 spiro atoms. The van der Waals surface area contributed by atoms with Crippen LogP contribution in [0.15, 0.2) is 55.0 Å². The maximum absolute atomic E-state index is 4.76. The summed E-state index contributed by atoms with van der Waals surface area (Å²) in [6.07, 6.45) is 11.3. The van der Waals surface area contributed by atoms with E-state index in [1.165, 1.54) is 70.0 Å². The topological polar surface area (TPSA) is 29.7 Å². The summed E-state index contributed by atoms with van der Waals surface area (Å²) in [6.45, 7) is 6.59. The molecule has 156 valence electrons. The fourth-order valence-electron chi connectivity index (χ4n) is 5.07. The fourth-order valence-corrected chi connectivity index (χ4v) is 5.07. The molecule has 0 bridgehead atoms. The van der Waals surface area contributed by atoms with Crippen molar-refractivity contribution in [2.24, 2.45) is 7.05 Å². The van der Waals surface area contributed by atoms with E-state index >= 15 is 0 Å². The molecule has 0 N–H and O–H groups in total. The molecule has 2 aromatic carbocycles. The van der Waals surface area contributed by atoms with Crippen LogP contribution in [-0.2, 0) is 7.05 Å². The van der Waals surface area contributed by atoms with Crippen LogP contribution >= 0.6 is 0 Å². The van der Waals surface area contributed by atoms with Gasteiger partial charge in [0.1, 0.15) is 12.9 Å². The van der Waals surface area contributed by atoms with Gasteiger partial charge in [-0.1, -0.05) is 36.6 Å². The molecule has 0 amide bonds. The molecule has 2 aromatic heterocycles. The Hall–Kier alpha value is -3.07. The van der Waals surface area contributed by atoms with Gasteiger partial charge in [0.15, 0.2) is 6.20 Å². The summed E-state index contributed by atoms with van der Waals surface area (Å²) >= 11 is 0. The first-order valence-electron chi connectivity index (χ1n) is 11.3. The Morgan fingerprint density at radius 3 is 2.39 bits per heavy atom. The van der Waals surface area contributed by atoms with Crippen LogP contribution in [0.3, 0.4) is 0 Å². The van der Waals surface area contributed by atoms with Gasteiger partial charge in [0.25, 0.3) is 0 Å². The Balaban J connectivity index is 1.64. The lowest BCUT2D eigenvalue weighted by Crippen LogP contribution is -2.30. The zero-order chi connectivity index (χ0) is 21.5. The average Bonchev–Trinajstić information content (AvgIpc) is 3.30. The number of aryl methyl sites for hydroxylation is 3. The van der Waals surface area contributed by atoms with Gasteiger partial charge in [0, 0.05) is 46.3 Å². The molecule has 0 saturated heterocycles. The summed E-state index contributed by atoms with van der Waals surface area (Å²) < 4.78 is 2.24. The highest BCUT2D eigenvalue weighted by Gasteiger charge is 2.20. The van der Waals surface area contributed by atoms with Crippen LogP contribution in [0, 0.1) is 20.8 Å². The van der Waals surface area contributed by atoms with Gasteiger partial charge < -0.3 is 0 Å². The van der Waals surface area contributed by atoms with Crippen LogP contribution in [0.5, 0.6) is 0 Å². The molecule has 2 heterocycles. The molecule has 3 heteroatoms. The predicted molar refractivity (Wildman–Crippen MR) is 127 cm³/mol. The molecule has 1 aliphatic rings. The first kappa shape index (κ1) is 19.9. The lowest BCUT2D eigenvalue weighted by molar-refractivity contribution is -0.659. The quantitative estimate of drug-likeness (QED) is 0.369. The molecule has 0 atom stereocenters. The zero-order valence-corrected chi connectivity index (χ0v) is 18.9. The third-order valence-electron chi connectivity index (χ3n) is 6.92. The van der Waals surface area contributed by atoms with E-state index in [9.17, 15) is 0 Å². The SMILES string of the molecule is Cc1cc(C)c(C)c(-c2cc3c(-c4cnc(C5CCCC5)nc4)cccc3c[n+]2C)c1. The molecule has 0 aliphatic heterocycles. The number of rotatable bonds is 3. The summed E-state index contributed by atoms with van der Waals surface area (Å²) in [5, 5.41) is 2.47. The maximum atomic E-state index is 4.76. The minimum absolute atomic E-state index is 0.541. The lowest BCUT2D eigenvalue weighted by atomic mass is 9.94. The number of nitrogens with zero attached hydrogens (tertiary/aromatic N) is 3. The third kappa shape index (κ3) is 3.63. The minimum atomic E-state index is 0.541. The first-order chi connectivity index (χ1) is 15.0. The summed E-state index contributed by atoms with van der Waals surface area (Å²) in [4.78, 5) is 9.53. The van der Waals surface area contributed by atoms with Gasteiger partial charge >= 0.3 is 0 Å². The van der Waals surface area contributed by atoms with E-state index in [1.54, 1.807) is 0 Å². The lowest BCUT2D eigenvalue weighted by Gasteiger charge is -2.12. The molecule has 31 heavy (non-hydrogen) atoms. The molecule has 0 unspecified atom stereocenters. The van der Waals surface area contributed by atoms with Crippen LogP contribution in [0.4, 0.5) is 0 Å². The van der Waals surface area contributed by atoms with Gasteiger partial charge in [-0.2, -0.15) is 0 Å². The van der Waals surface area contributed by atoms with E-state index < -0.39 is 0 Å². The Morgan fingerprint density at radius 2 is 1.65 bits per heavy atom. The van der Waals surface area contributed by atoms with Crippen molar-refractivity contribution in [3.05, 3.63) is 77.5 Å². The summed E-state index contributed by atoms with van der Waals surface area (Å²) in [5.41, 5.74) is 8.77. The van der Waals surface area contributed by atoms with Gasteiger partial charge in [0.2, 0.25) is 5.69 Å². The second-order valence-electron chi connectivity index (χ2n) is 9.14. The van der Waals surface area contributed by atoms with Crippen molar-refractivity contribution in [3.8, 4) is 22.4 Å². The van der Waals surface area contributed by atoms with Crippen molar-refractivity contribution in [1.29, 1.82) is 0 Å². The van der Waals surface area contributed by atoms with Gasteiger partial charge in [-0.25, -0.2) is 14.5 Å². The van der Waals surface area contributed by atoms with Crippen LogP contribution in [0.1, 0.15) is 54.1 Å². The van der Waals surface area contributed by atoms with Crippen LogP contribution in [0.2, 0.25) is 0 Å². The zero-order valence-electron chi connectivity index (χ0n) is 18.9. The van der Waals surface area contributed by atoms with E-state index in [1.807, 2.05) is 12.4 Å². The van der Waals surface area contributed by atoms with Gasteiger partial charge in [0.05, 0.1) is 0 Å². The first-order valence-corrected chi connectivity index (χ1v) is 11.3. The van der Waals surface area contributed by atoms with Crippen LogP contribution < -0.4 is 4.57 Å². The normalized spacial score (nSPS) is 14.5. The second-order valence-corrected chi connectivity index (χ2v) is 9.14. The van der Waals surface area contributed by atoms with Crippen molar-refractivity contribution in [1.82, 2.24) is 9.97 Å². The minimum Gasteiger partial charge on any atom is -0.240 e.